The zero-order chi connectivity index (χ0) is 10.2. The van der Waals surface area contributed by atoms with Gasteiger partial charge in [-0.3, -0.25) is 4.79 Å². The van der Waals surface area contributed by atoms with Crippen LogP contribution in [-0.4, -0.2) is 18.1 Å². The highest BCUT2D eigenvalue weighted by molar-refractivity contribution is 7.09. The van der Waals surface area contributed by atoms with Crippen LogP contribution in [0, 0.1) is 6.92 Å². The molecule has 0 aliphatic heterocycles. The minimum atomic E-state index is -0.417. The number of methoxy groups -OCH3 is 1. The summed E-state index contributed by atoms with van der Waals surface area (Å²) in [6.45, 7) is 1.96. The van der Waals surface area contributed by atoms with Crippen molar-refractivity contribution in [2.24, 2.45) is 0 Å². The molecule has 0 atom stereocenters. The SMILES string of the molecule is COC(=O)C1(c2csc(C)n2)CCC1. The summed E-state index contributed by atoms with van der Waals surface area (Å²) < 4.78 is 4.85. The van der Waals surface area contributed by atoms with E-state index in [1.54, 1.807) is 11.3 Å². The second-order valence-corrected chi connectivity index (χ2v) is 4.74. The fraction of sp³-hybridized carbons (Fsp3) is 0.600. The molecule has 1 aliphatic rings. The molecule has 1 heterocycles. The Balaban J connectivity index is 2.33. The number of esters is 1. The van der Waals surface area contributed by atoms with Crippen molar-refractivity contribution in [1.82, 2.24) is 4.98 Å². The summed E-state index contributed by atoms with van der Waals surface area (Å²) >= 11 is 1.59. The Kier molecular flexibility index (Phi) is 2.31. The molecule has 0 bridgehead atoms. The van der Waals surface area contributed by atoms with Crippen molar-refractivity contribution in [2.75, 3.05) is 7.11 Å². The monoisotopic (exact) mass is 211 g/mol. The van der Waals surface area contributed by atoms with Crippen molar-refractivity contribution in [3.63, 3.8) is 0 Å². The van der Waals surface area contributed by atoms with E-state index < -0.39 is 5.41 Å². The molecular weight excluding hydrogens is 198 g/mol. The third-order valence-corrected chi connectivity index (χ3v) is 3.67. The van der Waals surface area contributed by atoms with Crippen molar-refractivity contribution in [2.45, 2.75) is 31.6 Å². The van der Waals surface area contributed by atoms with Crippen molar-refractivity contribution in [3.05, 3.63) is 16.1 Å². The maximum atomic E-state index is 11.7. The highest BCUT2D eigenvalue weighted by Gasteiger charge is 2.48. The van der Waals surface area contributed by atoms with E-state index in [2.05, 4.69) is 4.98 Å². The third kappa shape index (κ3) is 1.25. The lowest BCUT2D eigenvalue weighted by Gasteiger charge is -2.37. The van der Waals surface area contributed by atoms with E-state index in [4.69, 9.17) is 4.74 Å². The Morgan fingerprint density at radius 2 is 2.36 bits per heavy atom. The van der Waals surface area contributed by atoms with Gasteiger partial charge < -0.3 is 4.74 Å². The normalized spacial score (nSPS) is 18.7. The van der Waals surface area contributed by atoms with Gasteiger partial charge in [-0.05, 0) is 19.8 Å². The second kappa shape index (κ2) is 3.35. The summed E-state index contributed by atoms with van der Waals surface area (Å²) in [6, 6.07) is 0. The Morgan fingerprint density at radius 1 is 1.64 bits per heavy atom. The van der Waals surface area contributed by atoms with Crippen molar-refractivity contribution in [1.29, 1.82) is 0 Å². The molecule has 0 spiro atoms. The number of carbonyl (C=O) groups excluding carboxylic acids is 1. The molecule has 14 heavy (non-hydrogen) atoms. The lowest BCUT2D eigenvalue weighted by atomic mass is 9.67. The average molecular weight is 211 g/mol. The standard InChI is InChI=1S/C10H13NO2S/c1-7-11-8(6-14-7)10(4-3-5-10)9(12)13-2/h6H,3-5H2,1-2H3. The van der Waals surface area contributed by atoms with Crippen LogP contribution >= 0.6 is 11.3 Å². The first-order valence-electron chi connectivity index (χ1n) is 4.70. The number of rotatable bonds is 2. The number of nitrogens with zero attached hydrogens (tertiary/aromatic N) is 1. The fourth-order valence-corrected chi connectivity index (χ4v) is 2.59. The number of carbonyl (C=O) groups is 1. The predicted octanol–water partition coefficient (Wildman–Crippen LogP) is 2.05. The summed E-state index contributed by atoms with van der Waals surface area (Å²) in [5.41, 5.74) is 0.484. The first-order chi connectivity index (χ1) is 6.69. The minimum Gasteiger partial charge on any atom is -0.468 e. The van der Waals surface area contributed by atoms with Gasteiger partial charge in [0, 0.05) is 5.38 Å². The first-order valence-corrected chi connectivity index (χ1v) is 5.58. The van der Waals surface area contributed by atoms with Crippen LogP contribution in [0.3, 0.4) is 0 Å². The van der Waals surface area contributed by atoms with E-state index in [1.807, 2.05) is 12.3 Å². The first kappa shape index (κ1) is 9.65. The number of aromatic nitrogens is 1. The molecule has 1 aliphatic carbocycles. The molecule has 2 rings (SSSR count). The maximum absolute atomic E-state index is 11.7. The van der Waals surface area contributed by atoms with Crippen LogP contribution < -0.4 is 0 Å². The maximum Gasteiger partial charge on any atom is 0.317 e. The molecule has 0 aromatic carbocycles. The van der Waals surface area contributed by atoms with E-state index >= 15 is 0 Å². The van der Waals surface area contributed by atoms with Crippen molar-refractivity contribution >= 4 is 17.3 Å². The highest BCUT2D eigenvalue weighted by atomic mass is 32.1. The summed E-state index contributed by atoms with van der Waals surface area (Å²) in [6.07, 6.45) is 2.84. The van der Waals surface area contributed by atoms with Crippen molar-refractivity contribution in [3.8, 4) is 0 Å². The molecule has 1 saturated carbocycles. The van der Waals surface area contributed by atoms with E-state index in [9.17, 15) is 4.79 Å². The molecular formula is C10H13NO2S. The van der Waals surface area contributed by atoms with Crippen LogP contribution in [0.25, 0.3) is 0 Å². The smallest absolute Gasteiger partial charge is 0.317 e. The van der Waals surface area contributed by atoms with E-state index in [0.29, 0.717) is 0 Å². The lowest BCUT2D eigenvalue weighted by molar-refractivity contribution is -0.151. The van der Waals surface area contributed by atoms with Crippen molar-refractivity contribution < 1.29 is 9.53 Å². The van der Waals surface area contributed by atoms with Crippen LogP contribution in [-0.2, 0) is 14.9 Å². The molecule has 1 aromatic rings. The molecule has 4 heteroatoms. The molecule has 3 nitrogen and oxygen atoms in total. The highest BCUT2D eigenvalue weighted by Crippen LogP contribution is 2.44. The molecule has 0 unspecified atom stereocenters. The Bertz CT molecular complexity index is 355. The van der Waals surface area contributed by atoms with E-state index in [0.717, 1.165) is 30.0 Å². The molecule has 1 fully saturated rings. The van der Waals surface area contributed by atoms with Gasteiger partial charge in [-0.1, -0.05) is 6.42 Å². The van der Waals surface area contributed by atoms with Gasteiger partial charge in [-0.15, -0.1) is 11.3 Å². The second-order valence-electron chi connectivity index (χ2n) is 3.68. The van der Waals surface area contributed by atoms with Crippen LogP contribution in [0.5, 0.6) is 0 Å². The van der Waals surface area contributed by atoms with Crippen LogP contribution in [0.15, 0.2) is 5.38 Å². The van der Waals surface area contributed by atoms with Gasteiger partial charge in [0.05, 0.1) is 17.8 Å². The zero-order valence-corrected chi connectivity index (χ0v) is 9.19. The quantitative estimate of drug-likeness (QED) is 0.703. The predicted molar refractivity (Wildman–Crippen MR) is 54.4 cm³/mol. The number of hydrogen-bond acceptors (Lipinski definition) is 4. The van der Waals surface area contributed by atoms with Gasteiger partial charge in [0.15, 0.2) is 0 Å². The number of thiazole rings is 1. The Hall–Kier alpha value is -0.900. The number of aryl methyl sites for hydroxylation is 1. The lowest BCUT2D eigenvalue weighted by Crippen LogP contribution is -2.43. The van der Waals surface area contributed by atoms with Gasteiger partial charge in [0.1, 0.15) is 5.41 Å². The number of hydrogen-bond donors (Lipinski definition) is 0. The largest absolute Gasteiger partial charge is 0.468 e. The fourth-order valence-electron chi connectivity index (χ4n) is 1.87. The van der Waals surface area contributed by atoms with Gasteiger partial charge >= 0.3 is 5.97 Å². The van der Waals surface area contributed by atoms with Gasteiger partial charge in [0.2, 0.25) is 0 Å². The van der Waals surface area contributed by atoms with E-state index in [1.165, 1.54) is 7.11 Å². The Morgan fingerprint density at radius 3 is 2.71 bits per heavy atom. The molecule has 76 valence electrons. The zero-order valence-electron chi connectivity index (χ0n) is 8.37. The Labute approximate surface area is 87.1 Å². The average Bonchev–Trinajstić information content (AvgIpc) is 2.50. The minimum absolute atomic E-state index is 0.131. The summed E-state index contributed by atoms with van der Waals surface area (Å²) in [4.78, 5) is 16.1. The van der Waals surface area contributed by atoms with Crippen LogP contribution in [0.4, 0.5) is 0 Å². The summed E-state index contributed by atoms with van der Waals surface area (Å²) in [5.74, 6) is -0.131. The van der Waals surface area contributed by atoms with E-state index in [-0.39, 0.29) is 5.97 Å². The topological polar surface area (TPSA) is 39.2 Å². The van der Waals surface area contributed by atoms with Gasteiger partial charge in [-0.2, -0.15) is 0 Å². The molecule has 0 saturated heterocycles. The van der Waals surface area contributed by atoms with Crippen LogP contribution in [0.2, 0.25) is 0 Å². The third-order valence-electron chi connectivity index (χ3n) is 2.89. The molecule has 0 amide bonds. The number of ether oxygens (including phenoxy) is 1. The van der Waals surface area contributed by atoms with Gasteiger partial charge in [0.25, 0.3) is 0 Å². The molecule has 1 aromatic heterocycles. The molecule has 0 N–H and O–H groups in total. The van der Waals surface area contributed by atoms with Gasteiger partial charge in [-0.25, -0.2) is 4.98 Å². The summed E-state index contributed by atoms with van der Waals surface area (Å²) in [7, 11) is 1.45. The molecule has 0 radical (unpaired) electrons. The summed E-state index contributed by atoms with van der Waals surface area (Å²) in [5, 5.41) is 2.99. The van der Waals surface area contributed by atoms with Crippen LogP contribution in [0.1, 0.15) is 30.0 Å².